The number of amides is 1. The van der Waals surface area contributed by atoms with E-state index in [1.54, 1.807) is 24.1 Å². The topological polar surface area (TPSA) is 129 Å². The van der Waals surface area contributed by atoms with Crippen LogP contribution in [0.5, 0.6) is 5.75 Å². The first-order chi connectivity index (χ1) is 16.0. The summed E-state index contributed by atoms with van der Waals surface area (Å²) >= 11 is 0. The SMILES string of the molecule is C=C(C)C(=O)N1CCN(c2ccc(-c3cc(OCCCO)cnc3C(C#N)=CN)cn2)CC1. The number of aliphatic hydroxyl groups is 1. The first-order valence-corrected chi connectivity index (χ1v) is 10.7. The van der Waals surface area contributed by atoms with Crippen LogP contribution in [0.15, 0.2) is 48.9 Å². The summed E-state index contributed by atoms with van der Waals surface area (Å²) in [5.74, 6) is 1.32. The lowest BCUT2D eigenvalue weighted by molar-refractivity contribution is -0.127. The monoisotopic (exact) mass is 448 g/mol. The van der Waals surface area contributed by atoms with Crippen molar-refractivity contribution in [3.63, 3.8) is 0 Å². The Morgan fingerprint density at radius 1 is 1.30 bits per heavy atom. The number of allylic oxidation sites excluding steroid dienone is 1. The summed E-state index contributed by atoms with van der Waals surface area (Å²) in [6.45, 7) is 8.43. The van der Waals surface area contributed by atoms with E-state index in [0.29, 0.717) is 61.8 Å². The van der Waals surface area contributed by atoms with E-state index in [-0.39, 0.29) is 18.1 Å². The summed E-state index contributed by atoms with van der Waals surface area (Å²) < 4.78 is 5.65. The Hall–Kier alpha value is -3.90. The Morgan fingerprint density at radius 2 is 2.06 bits per heavy atom. The quantitative estimate of drug-likeness (QED) is 0.356. The molecule has 1 saturated heterocycles. The number of ether oxygens (including phenoxy) is 1. The molecule has 2 aromatic rings. The number of hydrogen-bond acceptors (Lipinski definition) is 8. The standard InChI is InChI=1S/C24H28N6O3/c1-17(2)24(32)30-8-6-29(7-9-30)22-5-4-18(15-27-22)21-12-20(33-11-3-10-31)16-28-23(21)19(13-25)14-26/h4-5,12-13,15-16,31H,1,3,6-11,25H2,2H3. The molecule has 9 nitrogen and oxygen atoms in total. The van der Waals surface area contributed by atoms with Gasteiger partial charge in [-0.2, -0.15) is 5.26 Å². The number of piperazine rings is 1. The van der Waals surface area contributed by atoms with Crippen molar-refractivity contribution in [3.05, 3.63) is 54.6 Å². The predicted molar refractivity (Wildman–Crippen MR) is 126 cm³/mol. The van der Waals surface area contributed by atoms with Crippen molar-refractivity contribution >= 4 is 17.3 Å². The molecule has 1 aliphatic rings. The maximum absolute atomic E-state index is 12.1. The lowest BCUT2D eigenvalue weighted by Crippen LogP contribution is -2.49. The maximum Gasteiger partial charge on any atom is 0.249 e. The molecule has 172 valence electrons. The van der Waals surface area contributed by atoms with Gasteiger partial charge in [-0.15, -0.1) is 0 Å². The second kappa shape index (κ2) is 11.1. The fourth-order valence-electron chi connectivity index (χ4n) is 3.52. The third kappa shape index (κ3) is 5.67. The molecule has 0 unspecified atom stereocenters. The molecular formula is C24H28N6O3. The van der Waals surface area contributed by atoms with E-state index in [9.17, 15) is 10.1 Å². The molecule has 0 bridgehead atoms. The van der Waals surface area contributed by atoms with E-state index in [2.05, 4.69) is 27.5 Å². The molecule has 3 rings (SSSR count). The van der Waals surface area contributed by atoms with Crippen molar-refractivity contribution in [2.75, 3.05) is 44.3 Å². The summed E-state index contributed by atoms with van der Waals surface area (Å²) in [7, 11) is 0. The van der Waals surface area contributed by atoms with Crippen LogP contribution in [0, 0.1) is 11.3 Å². The Bertz CT molecular complexity index is 1070. The summed E-state index contributed by atoms with van der Waals surface area (Å²) in [6, 6.07) is 7.68. The number of hydrogen-bond donors (Lipinski definition) is 2. The minimum absolute atomic E-state index is 0.0136. The van der Waals surface area contributed by atoms with E-state index >= 15 is 0 Å². The molecule has 3 heterocycles. The van der Waals surface area contributed by atoms with Crippen LogP contribution in [-0.2, 0) is 4.79 Å². The van der Waals surface area contributed by atoms with Gasteiger partial charge in [0.15, 0.2) is 0 Å². The second-order valence-electron chi connectivity index (χ2n) is 7.65. The summed E-state index contributed by atoms with van der Waals surface area (Å²) in [5.41, 5.74) is 8.30. The van der Waals surface area contributed by atoms with Crippen LogP contribution in [0.2, 0.25) is 0 Å². The fraction of sp³-hybridized carbons (Fsp3) is 0.333. The maximum atomic E-state index is 12.1. The zero-order valence-corrected chi connectivity index (χ0v) is 18.7. The molecule has 2 aromatic heterocycles. The highest BCUT2D eigenvalue weighted by molar-refractivity contribution is 5.92. The third-order valence-electron chi connectivity index (χ3n) is 5.29. The Morgan fingerprint density at radius 3 is 2.64 bits per heavy atom. The van der Waals surface area contributed by atoms with Crippen LogP contribution in [0.1, 0.15) is 19.0 Å². The van der Waals surface area contributed by atoms with Crippen molar-refractivity contribution in [1.29, 1.82) is 5.26 Å². The molecule has 0 spiro atoms. The van der Waals surface area contributed by atoms with Gasteiger partial charge in [-0.25, -0.2) is 4.98 Å². The van der Waals surface area contributed by atoms with Crippen LogP contribution in [-0.4, -0.2) is 65.3 Å². The number of aliphatic hydroxyl groups excluding tert-OH is 1. The molecule has 33 heavy (non-hydrogen) atoms. The second-order valence-corrected chi connectivity index (χ2v) is 7.65. The zero-order chi connectivity index (χ0) is 23.8. The number of anilines is 1. The molecule has 0 saturated carbocycles. The van der Waals surface area contributed by atoms with E-state index in [1.807, 2.05) is 12.1 Å². The van der Waals surface area contributed by atoms with Crippen molar-refractivity contribution in [1.82, 2.24) is 14.9 Å². The highest BCUT2D eigenvalue weighted by atomic mass is 16.5. The summed E-state index contributed by atoms with van der Waals surface area (Å²) in [4.78, 5) is 25.0. The van der Waals surface area contributed by atoms with Gasteiger partial charge in [0.25, 0.3) is 0 Å². The highest BCUT2D eigenvalue weighted by Gasteiger charge is 2.22. The highest BCUT2D eigenvalue weighted by Crippen LogP contribution is 2.31. The van der Waals surface area contributed by atoms with Crippen LogP contribution in [0.25, 0.3) is 16.7 Å². The number of carbonyl (C=O) groups is 1. The van der Waals surface area contributed by atoms with Gasteiger partial charge < -0.3 is 25.4 Å². The number of nitrogens with two attached hydrogens (primary N) is 1. The minimum Gasteiger partial charge on any atom is -0.492 e. The van der Waals surface area contributed by atoms with Gasteiger partial charge in [-0.3, -0.25) is 9.78 Å². The van der Waals surface area contributed by atoms with Gasteiger partial charge in [0, 0.05) is 68.3 Å². The predicted octanol–water partition coefficient (Wildman–Crippen LogP) is 1.95. The van der Waals surface area contributed by atoms with Crippen LogP contribution >= 0.6 is 0 Å². The molecule has 9 heteroatoms. The van der Waals surface area contributed by atoms with Gasteiger partial charge in [0.05, 0.1) is 24.1 Å². The molecule has 1 aliphatic heterocycles. The first kappa shape index (κ1) is 23.8. The lowest BCUT2D eigenvalue weighted by Gasteiger charge is -2.35. The van der Waals surface area contributed by atoms with Crippen LogP contribution in [0.4, 0.5) is 5.82 Å². The molecule has 0 atom stereocenters. The molecule has 0 aromatic carbocycles. The van der Waals surface area contributed by atoms with Crippen molar-refractivity contribution < 1.29 is 14.6 Å². The molecular weight excluding hydrogens is 420 g/mol. The van der Waals surface area contributed by atoms with Crippen LogP contribution in [0.3, 0.4) is 0 Å². The largest absolute Gasteiger partial charge is 0.492 e. The van der Waals surface area contributed by atoms with Crippen molar-refractivity contribution in [3.8, 4) is 22.9 Å². The molecule has 3 N–H and O–H groups in total. The number of carbonyl (C=O) groups excluding carboxylic acids is 1. The third-order valence-corrected chi connectivity index (χ3v) is 5.29. The number of nitriles is 1. The van der Waals surface area contributed by atoms with Gasteiger partial charge >= 0.3 is 0 Å². The Labute approximate surface area is 193 Å². The average Bonchev–Trinajstić information content (AvgIpc) is 2.85. The van der Waals surface area contributed by atoms with E-state index in [4.69, 9.17) is 15.6 Å². The van der Waals surface area contributed by atoms with Crippen LogP contribution < -0.4 is 15.4 Å². The minimum atomic E-state index is -0.0136. The zero-order valence-electron chi connectivity index (χ0n) is 18.7. The van der Waals surface area contributed by atoms with Gasteiger partial charge in [-0.1, -0.05) is 6.58 Å². The average molecular weight is 449 g/mol. The number of nitrogens with zero attached hydrogens (tertiary/aromatic N) is 5. The number of aromatic nitrogens is 2. The first-order valence-electron chi connectivity index (χ1n) is 10.7. The molecule has 0 aliphatic carbocycles. The van der Waals surface area contributed by atoms with Crippen molar-refractivity contribution in [2.24, 2.45) is 5.73 Å². The van der Waals surface area contributed by atoms with Gasteiger partial charge in [0.1, 0.15) is 17.6 Å². The van der Waals surface area contributed by atoms with Gasteiger partial charge in [-0.05, 0) is 25.1 Å². The van der Waals surface area contributed by atoms with E-state index in [1.165, 1.54) is 12.4 Å². The van der Waals surface area contributed by atoms with Crippen molar-refractivity contribution in [2.45, 2.75) is 13.3 Å². The lowest BCUT2D eigenvalue weighted by atomic mass is 10.0. The number of rotatable bonds is 8. The molecule has 1 fully saturated rings. The van der Waals surface area contributed by atoms with E-state index in [0.717, 1.165) is 11.4 Å². The molecule has 0 radical (unpaired) electrons. The molecule has 1 amide bonds. The van der Waals surface area contributed by atoms with Gasteiger partial charge in [0.2, 0.25) is 5.91 Å². The number of pyridine rings is 2. The summed E-state index contributed by atoms with van der Waals surface area (Å²) in [5, 5.41) is 18.4. The normalized spacial score (nSPS) is 14.0. The summed E-state index contributed by atoms with van der Waals surface area (Å²) in [6.07, 6.45) is 4.99. The Balaban J connectivity index is 1.82. The smallest absolute Gasteiger partial charge is 0.249 e. The Kier molecular flexibility index (Phi) is 8.00. The fourth-order valence-corrected chi connectivity index (χ4v) is 3.52. The van der Waals surface area contributed by atoms with E-state index < -0.39 is 0 Å².